The number of carboxylic acids is 1. The minimum Gasteiger partial charge on any atom is -0.480 e. The van der Waals surface area contributed by atoms with Gasteiger partial charge < -0.3 is 67.0 Å². The number of anilines is 1. The second-order valence-electron chi connectivity index (χ2n) is 13.4. The van der Waals surface area contributed by atoms with E-state index in [9.17, 15) is 44.1 Å². The number of aliphatic hydroxyl groups excluding tert-OH is 3. The Hall–Kier alpha value is -4.56. The molecule has 1 saturated heterocycles. The highest BCUT2D eigenvalue weighted by atomic mass is 16.7. The number of nitrogens with one attached hydrogen (secondary N) is 5. The first-order valence-corrected chi connectivity index (χ1v) is 17.4. The first-order chi connectivity index (χ1) is 24.9. The van der Waals surface area contributed by atoms with E-state index >= 15 is 0 Å². The van der Waals surface area contributed by atoms with E-state index in [4.69, 9.17) is 25.1 Å². The van der Waals surface area contributed by atoms with Gasteiger partial charge in [-0.2, -0.15) is 0 Å². The molecule has 5 amide bonds. The second-order valence-corrected chi connectivity index (χ2v) is 13.4. The third kappa shape index (κ3) is 14.1. The Morgan fingerprint density at radius 2 is 1.62 bits per heavy atom. The maximum absolute atomic E-state index is 13.9. The molecule has 1 unspecified atom stereocenters. The van der Waals surface area contributed by atoms with E-state index in [1.807, 2.05) is 33.0 Å². The van der Waals surface area contributed by atoms with Crippen molar-refractivity contribution in [1.82, 2.24) is 21.3 Å². The van der Waals surface area contributed by atoms with Crippen LogP contribution < -0.4 is 37.1 Å². The maximum Gasteiger partial charge on any atom is 0.322 e. The first kappa shape index (κ1) is 44.6. The smallest absolute Gasteiger partial charge is 0.322 e. The van der Waals surface area contributed by atoms with E-state index < -0.39 is 90.9 Å². The molecule has 19 nitrogen and oxygen atoms in total. The molecular formula is C34H54N6O13. The third-order valence-electron chi connectivity index (χ3n) is 8.27. The number of nitrogens with two attached hydrogens (primary N) is 1. The molecule has 1 aromatic carbocycles. The number of amides is 5. The van der Waals surface area contributed by atoms with Crippen LogP contribution >= 0.6 is 0 Å². The molecule has 11 N–H and O–H groups in total. The molecule has 1 fully saturated rings. The summed E-state index contributed by atoms with van der Waals surface area (Å²) in [6.45, 7) is 9.93. The Balaban J connectivity index is 2.47. The van der Waals surface area contributed by atoms with Gasteiger partial charge in [0.2, 0.25) is 18.1 Å². The second kappa shape index (κ2) is 21.2. The van der Waals surface area contributed by atoms with Crippen LogP contribution in [0.2, 0.25) is 0 Å². The van der Waals surface area contributed by atoms with Crippen molar-refractivity contribution in [1.29, 1.82) is 0 Å². The number of ether oxygens (including phenoxy) is 3. The van der Waals surface area contributed by atoms with E-state index in [1.165, 1.54) is 18.2 Å². The molecule has 0 aliphatic carbocycles. The van der Waals surface area contributed by atoms with Crippen molar-refractivity contribution < 1.29 is 63.4 Å². The summed E-state index contributed by atoms with van der Waals surface area (Å²) in [4.78, 5) is 74.3. The minimum atomic E-state index is -1.99. The molecule has 1 heterocycles. The summed E-state index contributed by atoms with van der Waals surface area (Å²) in [6, 6.07) is 1.67. The monoisotopic (exact) mass is 754 g/mol. The molecule has 1 aliphatic rings. The average molecular weight is 755 g/mol. The first-order valence-electron chi connectivity index (χ1n) is 17.4. The summed E-state index contributed by atoms with van der Waals surface area (Å²) in [5.41, 5.74) is 5.49. The van der Waals surface area contributed by atoms with E-state index in [-0.39, 0.29) is 49.4 Å². The number of hydrogen-bond acceptors (Lipinski definition) is 13. The average Bonchev–Trinajstić information content (AvgIpc) is 3.09. The summed E-state index contributed by atoms with van der Waals surface area (Å²) >= 11 is 0. The van der Waals surface area contributed by atoms with Crippen LogP contribution in [0.1, 0.15) is 66.4 Å². The highest BCUT2D eigenvalue weighted by molar-refractivity contribution is 5.99. The van der Waals surface area contributed by atoms with E-state index in [0.717, 1.165) is 6.42 Å². The van der Waals surface area contributed by atoms with Gasteiger partial charge in [-0.25, -0.2) is 4.79 Å². The normalized spacial score (nSPS) is 21.5. The number of carbonyl (C=O) groups excluding carboxylic acids is 5. The number of esters is 1. The topological polar surface area (TPSA) is 297 Å². The Morgan fingerprint density at radius 3 is 2.21 bits per heavy atom. The third-order valence-corrected chi connectivity index (χ3v) is 8.27. The number of primary amides is 1. The summed E-state index contributed by atoms with van der Waals surface area (Å²) < 4.78 is 16.7. The van der Waals surface area contributed by atoms with Crippen LogP contribution in [-0.2, 0) is 40.1 Å². The number of benzene rings is 1. The molecule has 1 aromatic rings. The molecule has 0 bridgehead atoms. The van der Waals surface area contributed by atoms with Crippen LogP contribution in [-0.4, -0.2) is 118 Å². The quantitative estimate of drug-likeness (QED) is 0.0568. The van der Waals surface area contributed by atoms with Crippen LogP contribution in [0, 0.1) is 11.8 Å². The van der Waals surface area contributed by atoms with Crippen molar-refractivity contribution in [3.8, 4) is 5.75 Å². The molecule has 0 spiro atoms. The molecule has 0 aromatic heterocycles. The maximum atomic E-state index is 13.9. The summed E-state index contributed by atoms with van der Waals surface area (Å²) in [7, 11) is 0. The lowest BCUT2D eigenvalue weighted by Crippen LogP contribution is -2.63. The molecule has 2 rings (SSSR count). The van der Waals surface area contributed by atoms with Gasteiger partial charge in [0.1, 0.15) is 43.3 Å². The molecule has 298 valence electrons. The number of urea groups is 1. The highest BCUT2D eigenvalue weighted by Gasteiger charge is 2.48. The van der Waals surface area contributed by atoms with Crippen molar-refractivity contribution in [2.24, 2.45) is 17.6 Å². The molecule has 0 radical (unpaired) electrons. The molecule has 8 atom stereocenters. The largest absolute Gasteiger partial charge is 0.480 e. The lowest BCUT2D eigenvalue weighted by molar-refractivity contribution is -0.266. The van der Waals surface area contributed by atoms with Crippen LogP contribution in [0.4, 0.5) is 10.5 Å². The van der Waals surface area contributed by atoms with Gasteiger partial charge >= 0.3 is 18.0 Å². The Morgan fingerprint density at radius 1 is 0.943 bits per heavy atom. The molecule has 0 saturated carbocycles. The number of aliphatic carboxylic acids is 1. The van der Waals surface area contributed by atoms with E-state index in [0.29, 0.717) is 5.56 Å². The van der Waals surface area contributed by atoms with E-state index in [1.54, 1.807) is 13.8 Å². The number of carbonyl (C=O) groups is 6. The van der Waals surface area contributed by atoms with Crippen molar-refractivity contribution in [2.45, 2.75) is 116 Å². The number of carboxylic acid groups (broad SMARTS) is 1. The summed E-state index contributed by atoms with van der Waals surface area (Å²) in [6.07, 6.45) is -8.60. The van der Waals surface area contributed by atoms with E-state index in [2.05, 4.69) is 21.3 Å². The Bertz CT molecular complexity index is 1430. The van der Waals surface area contributed by atoms with Gasteiger partial charge in [0.15, 0.2) is 6.10 Å². The number of rotatable bonds is 20. The van der Waals surface area contributed by atoms with Gasteiger partial charge in [-0.15, -0.1) is 0 Å². The number of aliphatic hydroxyl groups is 3. The highest BCUT2D eigenvalue weighted by Crippen LogP contribution is 2.31. The Labute approximate surface area is 307 Å². The fourth-order valence-electron chi connectivity index (χ4n) is 4.99. The zero-order valence-corrected chi connectivity index (χ0v) is 30.8. The van der Waals surface area contributed by atoms with Crippen LogP contribution in [0.25, 0.3) is 0 Å². The molecular weight excluding hydrogens is 700 g/mol. The standard InChI is InChI=1S/C34H54N6O13/c1-7-18(6)38-24(16(2)3)30(47)40-21(9-8-12-36-34(35)50)29(46)39-20-11-10-19(15-51-32(49)17(4)5)13-22(20)52-33-27(45)25(43)26(44)28(53-33)31(48)37-14-23(41)42/h10-11,13,16-18,21,24-28,33,38,43-45H,7-9,12,14-15H2,1-6H3,(H,37,48)(H,39,46)(H,40,47)(H,41,42)(H3,35,36,50)/t18?,21-,24-,25-,26-,27+,28-,33+/m0/s1. The predicted molar refractivity (Wildman–Crippen MR) is 188 cm³/mol. The van der Waals surface area contributed by atoms with Gasteiger partial charge in [0, 0.05) is 12.6 Å². The van der Waals surface area contributed by atoms with Gasteiger partial charge in [-0.1, -0.05) is 40.7 Å². The fourth-order valence-corrected chi connectivity index (χ4v) is 4.99. The summed E-state index contributed by atoms with van der Waals surface area (Å²) in [5.74, 6) is -4.95. The number of hydrogen-bond donors (Lipinski definition) is 10. The SMILES string of the molecule is CCC(C)N[C@H](C(=O)N[C@@H](CCCNC(N)=O)C(=O)Nc1ccc(COC(=O)C(C)C)cc1O[C@@H]1O[C@H](C(=O)NCC(=O)O)[C@@H](O)[C@H](O)[C@H]1O)C(C)C. The predicted octanol–water partition coefficient (Wildman–Crippen LogP) is -0.942. The van der Waals surface area contributed by atoms with Crippen molar-refractivity contribution in [3.05, 3.63) is 23.8 Å². The zero-order valence-electron chi connectivity index (χ0n) is 30.8. The van der Waals surface area contributed by atoms with Crippen LogP contribution in [0.15, 0.2) is 18.2 Å². The lowest BCUT2D eigenvalue weighted by Gasteiger charge is -2.39. The van der Waals surface area contributed by atoms with Gasteiger partial charge in [0.05, 0.1) is 17.6 Å². The molecule has 19 heteroatoms. The van der Waals surface area contributed by atoms with Crippen LogP contribution in [0.5, 0.6) is 5.75 Å². The lowest BCUT2D eigenvalue weighted by atomic mass is 9.98. The zero-order chi connectivity index (χ0) is 40.0. The molecule has 1 aliphatic heterocycles. The van der Waals surface area contributed by atoms with Crippen molar-refractivity contribution in [2.75, 3.05) is 18.4 Å². The van der Waals surface area contributed by atoms with Crippen molar-refractivity contribution >= 4 is 41.4 Å². The minimum absolute atomic E-state index is 0.00180. The fraction of sp³-hybridized carbons (Fsp3) is 0.647. The summed E-state index contributed by atoms with van der Waals surface area (Å²) in [5, 5.41) is 53.8. The van der Waals surface area contributed by atoms with Crippen LogP contribution in [0.3, 0.4) is 0 Å². The van der Waals surface area contributed by atoms with Gasteiger partial charge in [-0.3, -0.25) is 24.0 Å². The Kier molecular flexibility index (Phi) is 17.9. The molecule has 53 heavy (non-hydrogen) atoms. The van der Waals surface area contributed by atoms with Gasteiger partial charge in [-0.05, 0) is 49.8 Å². The van der Waals surface area contributed by atoms with Gasteiger partial charge in [0.25, 0.3) is 5.91 Å². The van der Waals surface area contributed by atoms with Crippen molar-refractivity contribution in [3.63, 3.8) is 0 Å².